The number of phenols is 1. The molecule has 4 heteroatoms. The summed E-state index contributed by atoms with van der Waals surface area (Å²) < 4.78 is 10.5. The third-order valence-electron chi connectivity index (χ3n) is 3.39. The summed E-state index contributed by atoms with van der Waals surface area (Å²) in [6, 6.07) is 12.9. The molecule has 0 aromatic heterocycles. The molecule has 116 valence electrons. The average molecular weight is 300 g/mol. The smallest absolute Gasteiger partial charge is 0.341 e. The molecule has 22 heavy (non-hydrogen) atoms. The fraction of sp³-hybridized carbons (Fsp3) is 0.278. The predicted molar refractivity (Wildman–Crippen MR) is 84.3 cm³/mol. The van der Waals surface area contributed by atoms with Gasteiger partial charge in [0.15, 0.2) is 0 Å². The molecule has 0 saturated heterocycles. The zero-order valence-electron chi connectivity index (χ0n) is 13.0. The summed E-state index contributed by atoms with van der Waals surface area (Å²) in [7, 11) is 1.29. The van der Waals surface area contributed by atoms with Crippen LogP contribution < -0.4 is 4.74 Å². The van der Waals surface area contributed by atoms with Gasteiger partial charge in [-0.15, -0.1) is 0 Å². The summed E-state index contributed by atoms with van der Waals surface area (Å²) in [5.74, 6) is 0.0205. The Bertz CT molecular complexity index is 648. The minimum atomic E-state index is -0.561. The second-order valence-corrected chi connectivity index (χ2v) is 5.33. The topological polar surface area (TPSA) is 55.8 Å². The summed E-state index contributed by atoms with van der Waals surface area (Å²) in [5, 5.41) is 10.0. The highest BCUT2D eigenvalue weighted by atomic mass is 16.5. The molecule has 0 aliphatic heterocycles. The number of benzene rings is 2. The van der Waals surface area contributed by atoms with E-state index >= 15 is 0 Å². The van der Waals surface area contributed by atoms with Crippen molar-refractivity contribution in [2.75, 3.05) is 7.11 Å². The van der Waals surface area contributed by atoms with Crippen LogP contribution in [-0.4, -0.2) is 18.2 Å². The van der Waals surface area contributed by atoms with E-state index in [0.717, 1.165) is 11.1 Å². The van der Waals surface area contributed by atoms with Crippen LogP contribution in [0.5, 0.6) is 11.5 Å². The first-order valence-corrected chi connectivity index (χ1v) is 7.15. The van der Waals surface area contributed by atoms with Crippen LogP contribution in [0.2, 0.25) is 0 Å². The molecular weight excluding hydrogens is 280 g/mol. The molecule has 0 aliphatic carbocycles. The van der Waals surface area contributed by atoms with E-state index in [2.05, 4.69) is 4.74 Å². The molecule has 2 aromatic rings. The molecule has 0 heterocycles. The Morgan fingerprint density at radius 3 is 2.45 bits per heavy atom. The highest BCUT2D eigenvalue weighted by Crippen LogP contribution is 2.34. The van der Waals surface area contributed by atoms with Crippen molar-refractivity contribution in [3.63, 3.8) is 0 Å². The minimum Gasteiger partial charge on any atom is -0.507 e. The van der Waals surface area contributed by atoms with E-state index < -0.39 is 5.97 Å². The third kappa shape index (κ3) is 3.58. The first kappa shape index (κ1) is 15.9. The van der Waals surface area contributed by atoms with Crippen molar-refractivity contribution in [2.45, 2.75) is 26.4 Å². The molecule has 1 N–H and O–H groups in total. The molecule has 0 fully saturated rings. The lowest BCUT2D eigenvalue weighted by molar-refractivity contribution is 0.0597. The number of methoxy groups -OCH3 is 1. The van der Waals surface area contributed by atoms with Crippen molar-refractivity contribution in [1.29, 1.82) is 0 Å². The zero-order chi connectivity index (χ0) is 16.1. The van der Waals surface area contributed by atoms with Gasteiger partial charge in [-0.05, 0) is 23.1 Å². The number of carbonyl (C=O) groups is 1. The van der Waals surface area contributed by atoms with E-state index in [1.54, 1.807) is 6.07 Å². The van der Waals surface area contributed by atoms with Crippen molar-refractivity contribution in [1.82, 2.24) is 0 Å². The molecule has 0 bridgehead atoms. The van der Waals surface area contributed by atoms with Gasteiger partial charge < -0.3 is 14.6 Å². The van der Waals surface area contributed by atoms with E-state index in [9.17, 15) is 9.90 Å². The molecule has 0 amide bonds. The molecule has 4 nitrogen and oxygen atoms in total. The normalized spacial score (nSPS) is 10.5. The van der Waals surface area contributed by atoms with E-state index in [1.807, 2.05) is 44.2 Å². The quantitative estimate of drug-likeness (QED) is 0.851. The molecule has 0 saturated carbocycles. The lowest BCUT2D eigenvalue weighted by Crippen LogP contribution is -2.06. The standard InChI is InChI=1S/C18H20O4/c1-12(2)14-9-15(18(20)21-3)16(19)10-17(14)22-11-13-7-5-4-6-8-13/h4-10,12,19H,11H2,1-3H3. The van der Waals surface area contributed by atoms with E-state index in [1.165, 1.54) is 13.2 Å². The lowest BCUT2D eigenvalue weighted by Gasteiger charge is -2.16. The van der Waals surface area contributed by atoms with E-state index in [0.29, 0.717) is 12.4 Å². The van der Waals surface area contributed by atoms with E-state index in [-0.39, 0.29) is 17.2 Å². The van der Waals surface area contributed by atoms with Crippen LogP contribution in [-0.2, 0) is 11.3 Å². The number of hydrogen-bond donors (Lipinski definition) is 1. The van der Waals surface area contributed by atoms with Crippen LogP contribution in [0.4, 0.5) is 0 Å². The van der Waals surface area contributed by atoms with Gasteiger partial charge in [-0.2, -0.15) is 0 Å². The van der Waals surface area contributed by atoms with Crippen LogP contribution in [0.15, 0.2) is 42.5 Å². The Morgan fingerprint density at radius 2 is 1.86 bits per heavy atom. The Morgan fingerprint density at radius 1 is 1.18 bits per heavy atom. The Balaban J connectivity index is 2.30. The first-order valence-electron chi connectivity index (χ1n) is 7.15. The minimum absolute atomic E-state index is 0.140. The van der Waals surface area contributed by atoms with Gasteiger partial charge in [0, 0.05) is 6.07 Å². The number of rotatable bonds is 5. The van der Waals surface area contributed by atoms with Crippen molar-refractivity contribution in [3.05, 3.63) is 59.2 Å². The zero-order valence-corrected chi connectivity index (χ0v) is 13.0. The molecule has 0 radical (unpaired) electrons. The summed E-state index contributed by atoms with van der Waals surface area (Å²) in [5.41, 5.74) is 2.04. The van der Waals surface area contributed by atoms with Crippen LogP contribution in [0.3, 0.4) is 0 Å². The van der Waals surface area contributed by atoms with Crippen LogP contribution >= 0.6 is 0 Å². The monoisotopic (exact) mass is 300 g/mol. The number of phenolic OH excluding ortho intramolecular Hbond substituents is 1. The SMILES string of the molecule is COC(=O)c1cc(C(C)C)c(OCc2ccccc2)cc1O. The fourth-order valence-corrected chi connectivity index (χ4v) is 2.17. The van der Waals surface area contributed by atoms with Crippen LogP contribution in [0.1, 0.15) is 41.3 Å². The van der Waals surface area contributed by atoms with Gasteiger partial charge in [0.25, 0.3) is 0 Å². The van der Waals surface area contributed by atoms with Crippen LogP contribution in [0.25, 0.3) is 0 Å². The molecular formula is C18H20O4. The van der Waals surface area contributed by atoms with Gasteiger partial charge in [-0.3, -0.25) is 0 Å². The highest BCUT2D eigenvalue weighted by molar-refractivity contribution is 5.93. The van der Waals surface area contributed by atoms with Crippen molar-refractivity contribution in [3.8, 4) is 11.5 Å². The molecule has 0 spiro atoms. The van der Waals surface area contributed by atoms with E-state index in [4.69, 9.17) is 4.74 Å². The third-order valence-corrected chi connectivity index (χ3v) is 3.39. The number of aromatic hydroxyl groups is 1. The summed E-state index contributed by atoms with van der Waals surface area (Å²) in [6.45, 7) is 4.41. The molecule has 0 unspecified atom stereocenters. The lowest BCUT2D eigenvalue weighted by atomic mass is 9.99. The fourth-order valence-electron chi connectivity index (χ4n) is 2.17. The van der Waals surface area contributed by atoms with Crippen molar-refractivity contribution < 1.29 is 19.4 Å². The second-order valence-electron chi connectivity index (χ2n) is 5.33. The second kappa shape index (κ2) is 6.98. The Hall–Kier alpha value is -2.49. The molecule has 0 atom stereocenters. The number of esters is 1. The summed E-state index contributed by atoms with van der Waals surface area (Å²) in [6.07, 6.45) is 0. The van der Waals surface area contributed by atoms with Crippen molar-refractivity contribution in [2.24, 2.45) is 0 Å². The molecule has 2 aromatic carbocycles. The number of carbonyl (C=O) groups excluding carboxylic acids is 1. The number of hydrogen-bond acceptors (Lipinski definition) is 4. The maximum atomic E-state index is 11.7. The van der Waals surface area contributed by atoms with Crippen molar-refractivity contribution >= 4 is 5.97 Å². The first-order chi connectivity index (χ1) is 10.5. The maximum absolute atomic E-state index is 11.7. The predicted octanol–water partition coefficient (Wildman–Crippen LogP) is 3.88. The van der Waals surface area contributed by atoms with Gasteiger partial charge in [0.05, 0.1) is 7.11 Å². The Kier molecular flexibility index (Phi) is 5.04. The Labute approximate surface area is 130 Å². The van der Waals surface area contributed by atoms with Gasteiger partial charge in [0.1, 0.15) is 23.7 Å². The van der Waals surface area contributed by atoms with Gasteiger partial charge in [0.2, 0.25) is 0 Å². The highest BCUT2D eigenvalue weighted by Gasteiger charge is 2.18. The summed E-state index contributed by atoms with van der Waals surface area (Å²) in [4.78, 5) is 11.7. The molecule has 2 rings (SSSR count). The average Bonchev–Trinajstić information content (AvgIpc) is 2.52. The number of ether oxygens (including phenoxy) is 2. The van der Waals surface area contributed by atoms with Gasteiger partial charge in [-0.25, -0.2) is 4.79 Å². The van der Waals surface area contributed by atoms with Crippen LogP contribution in [0, 0.1) is 0 Å². The van der Waals surface area contributed by atoms with Gasteiger partial charge >= 0.3 is 5.97 Å². The van der Waals surface area contributed by atoms with Gasteiger partial charge in [-0.1, -0.05) is 44.2 Å². The maximum Gasteiger partial charge on any atom is 0.341 e. The molecule has 0 aliphatic rings. The summed E-state index contributed by atoms with van der Waals surface area (Å²) >= 11 is 0. The largest absolute Gasteiger partial charge is 0.507 e.